The van der Waals surface area contributed by atoms with E-state index in [2.05, 4.69) is 15.9 Å². The zero-order valence-electron chi connectivity index (χ0n) is 19.0. The highest BCUT2D eigenvalue weighted by molar-refractivity contribution is 9.10. The SMILES string of the molecule is COc1ccc(S(=O)(=O)Oc2ccc(/C=C3\SC(=O)N(Cc4ccccc4[N+](=O)[O-])C3=O)cc2Br)cc1. The fourth-order valence-electron chi connectivity index (χ4n) is 3.36. The van der Waals surface area contributed by atoms with E-state index < -0.39 is 26.2 Å². The van der Waals surface area contributed by atoms with Crippen LogP contribution in [-0.4, -0.2) is 36.5 Å². The van der Waals surface area contributed by atoms with Crippen molar-refractivity contribution in [3.8, 4) is 11.5 Å². The van der Waals surface area contributed by atoms with Gasteiger partial charge in [-0.1, -0.05) is 24.3 Å². The molecule has 37 heavy (non-hydrogen) atoms. The number of hydrogen-bond acceptors (Lipinski definition) is 9. The molecule has 4 rings (SSSR count). The number of para-hydroxylation sites is 1. The zero-order valence-corrected chi connectivity index (χ0v) is 22.2. The van der Waals surface area contributed by atoms with E-state index in [1.807, 2.05) is 0 Å². The van der Waals surface area contributed by atoms with Crippen molar-refractivity contribution in [3.05, 3.63) is 97.3 Å². The molecule has 3 aromatic carbocycles. The summed E-state index contributed by atoms with van der Waals surface area (Å²) in [5.74, 6) is -0.0694. The first-order valence-corrected chi connectivity index (χ1v) is 13.5. The van der Waals surface area contributed by atoms with Gasteiger partial charge < -0.3 is 8.92 Å². The van der Waals surface area contributed by atoms with E-state index in [-0.39, 0.29) is 33.3 Å². The smallest absolute Gasteiger partial charge is 0.339 e. The number of halogens is 1. The Balaban J connectivity index is 1.52. The summed E-state index contributed by atoms with van der Waals surface area (Å²) in [4.78, 5) is 37.0. The van der Waals surface area contributed by atoms with Crippen LogP contribution in [0.4, 0.5) is 10.5 Å². The lowest BCUT2D eigenvalue weighted by Gasteiger charge is -2.12. The molecule has 1 saturated heterocycles. The lowest BCUT2D eigenvalue weighted by atomic mass is 10.1. The molecule has 10 nitrogen and oxygen atoms in total. The van der Waals surface area contributed by atoms with Crippen LogP contribution in [0.15, 0.2) is 81.0 Å². The Hall–Kier alpha value is -3.68. The molecular weight excluding hydrogens is 588 g/mol. The van der Waals surface area contributed by atoms with Crippen molar-refractivity contribution in [3.63, 3.8) is 0 Å². The number of nitro groups is 1. The molecule has 0 N–H and O–H groups in total. The number of rotatable bonds is 8. The van der Waals surface area contributed by atoms with Gasteiger partial charge in [-0.2, -0.15) is 8.42 Å². The maximum absolute atomic E-state index is 12.9. The minimum Gasteiger partial charge on any atom is -0.497 e. The summed E-state index contributed by atoms with van der Waals surface area (Å²) in [6.07, 6.45) is 1.47. The molecular formula is C24H17BrN2O8S2. The number of methoxy groups -OCH3 is 1. The molecule has 3 aromatic rings. The highest BCUT2D eigenvalue weighted by atomic mass is 79.9. The monoisotopic (exact) mass is 604 g/mol. The second-order valence-corrected chi connectivity index (χ2v) is 11.0. The highest BCUT2D eigenvalue weighted by Crippen LogP contribution is 2.36. The molecule has 0 aromatic heterocycles. The lowest BCUT2D eigenvalue weighted by Crippen LogP contribution is -2.27. The zero-order chi connectivity index (χ0) is 26.7. The van der Waals surface area contributed by atoms with E-state index in [9.17, 15) is 28.1 Å². The molecule has 0 unspecified atom stereocenters. The van der Waals surface area contributed by atoms with Crippen LogP contribution in [0.25, 0.3) is 6.08 Å². The number of benzene rings is 3. The molecule has 1 aliphatic rings. The second-order valence-electron chi connectivity index (χ2n) is 7.56. The predicted molar refractivity (Wildman–Crippen MR) is 140 cm³/mol. The molecule has 1 heterocycles. The van der Waals surface area contributed by atoms with Gasteiger partial charge in [-0.25, -0.2) is 0 Å². The number of amides is 2. The van der Waals surface area contributed by atoms with Gasteiger partial charge in [-0.15, -0.1) is 0 Å². The van der Waals surface area contributed by atoms with Crippen LogP contribution < -0.4 is 8.92 Å². The summed E-state index contributed by atoms with van der Waals surface area (Å²) in [7, 11) is -2.65. The fraction of sp³-hybridized carbons (Fsp3) is 0.0833. The Kier molecular flexibility index (Phi) is 7.66. The van der Waals surface area contributed by atoms with E-state index in [0.29, 0.717) is 27.5 Å². The molecule has 1 aliphatic heterocycles. The molecule has 0 aliphatic carbocycles. The molecule has 2 amide bonds. The van der Waals surface area contributed by atoms with E-state index in [1.165, 1.54) is 73.8 Å². The average molecular weight is 605 g/mol. The van der Waals surface area contributed by atoms with Crippen molar-refractivity contribution in [2.24, 2.45) is 0 Å². The minimum absolute atomic E-state index is 0.0254. The number of nitrogens with zero attached hydrogens (tertiary/aromatic N) is 2. The van der Waals surface area contributed by atoms with Gasteiger partial charge in [-0.05, 0) is 75.7 Å². The minimum atomic E-state index is -4.12. The Morgan fingerprint density at radius 3 is 2.43 bits per heavy atom. The molecule has 190 valence electrons. The summed E-state index contributed by atoms with van der Waals surface area (Å²) >= 11 is 3.98. The number of ether oxygens (including phenoxy) is 1. The summed E-state index contributed by atoms with van der Waals surface area (Å²) in [5.41, 5.74) is 0.547. The first-order valence-electron chi connectivity index (χ1n) is 10.4. The fourth-order valence-corrected chi connectivity index (χ4v) is 5.73. The number of carbonyl (C=O) groups is 2. The van der Waals surface area contributed by atoms with Crippen LogP contribution in [0, 0.1) is 10.1 Å². The highest BCUT2D eigenvalue weighted by Gasteiger charge is 2.36. The maximum atomic E-state index is 12.9. The quantitative estimate of drug-likeness (QED) is 0.144. The number of hydrogen-bond donors (Lipinski definition) is 0. The van der Waals surface area contributed by atoms with Crippen molar-refractivity contribution in [1.29, 1.82) is 0 Å². The van der Waals surface area contributed by atoms with Crippen molar-refractivity contribution >= 4 is 60.7 Å². The van der Waals surface area contributed by atoms with Crippen molar-refractivity contribution in [1.82, 2.24) is 4.90 Å². The third-order valence-corrected chi connectivity index (χ3v) is 7.97. The van der Waals surface area contributed by atoms with Gasteiger partial charge in [0.1, 0.15) is 10.6 Å². The topological polar surface area (TPSA) is 133 Å². The number of imide groups is 1. The second kappa shape index (κ2) is 10.7. The molecule has 0 radical (unpaired) electrons. The van der Waals surface area contributed by atoms with Crippen molar-refractivity contribution in [2.45, 2.75) is 11.4 Å². The van der Waals surface area contributed by atoms with Crippen LogP contribution in [0.3, 0.4) is 0 Å². The van der Waals surface area contributed by atoms with Gasteiger partial charge in [0, 0.05) is 11.6 Å². The summed E-state index contributed by atoms with van der Waals surface area (Å²) in [6, 6.07) is 16.1. The van der Waals surface area contributed by atoms with Gasteiger partial charge in [-0.3, -0.25) is 24.6 Å². The summed E-state index contributed by atoms with van der Waals surface area (Å²) in [6.45, 7) is -0.237. The van der Waals surface area contributed by atoms with E-state index in [0.717, 1.165) is 4.90 Å². The van der Waals surface area contributed by atoms with E-state index in [4.69, 9.17) is 8.92 Å². The Morgan fingerprint density at radius 1 is 1.08 bits per heavy atom. The van der Waals surface area contributed by atoms with E-state index in [1.54, 1.807) is 6.07 Å². The normalized spacial score (nSPS) is 14.8. The third kappa shape index (κ3) is 5.84. The Morgan fingerprint density at radius 2 is 1.78 bits per heavy atom. The molecule has 0 saturated carbocycles. The number of carbonyl (C=O) groups excluding carboxylic acids is 2. The first-order chi connectivity index (χ1) is 17.6. The van der Waals surface area contributed by atoms with Gasteiger partial charge in [0.2, 0.25) is 0 Å². The maximum Gasteiger partial charge on any atom is 0.339 e. The van der Waals surface area contributed by atoms with Crippen LogP contribution in [0.1, 0.15) is 11.1 Å². The number of nitro benzene ring substituents is 1. The van der Waals surface area contributed by atoms with Crippen LogP contribution in [-0.2, 0) is 21.5 Å². The van der Waals surface area contributed by atoms with Gasteiger partial charge in [0.25, 0.3) is 16.8 Å². The predicted octanol–water partition coefficient (Wildman–Crippen LogP) is 5.37. The molecule has 13 heteroatoms. The number of thioether (sulfide) groups is 1. The largest absolute Gasteiger partial charge is 0.497 e. The van der Waals surface area contributed by atoms with Crippen molar-refractivity contribution < 1.29 is 31.9 Å². The standard InChI is InChI=1S/C24H17BrN2O8S2/c1-34-17-7-9-18(10-8-17)37(32,33)35-21-11-6-15(12-19(21)25)13-22-23(28)26(24(29)36-22)14-16-4-2-3-5-20(16)27(30)31/h2-13H,14H2,1H3/b22-13-. The van der Waals surface area contributed by atoms with Crippen LogP contribution in [0.5, 0.6) is 11.5 Å². The molecule has 0 spiro atoms. The Bertz CT molecular complexity index is 1540. The summed E-state index contributed by atoms with van der Waals surface area (Å²) < 4.78 is 35.8. The van der Waals surface area contributed by atoms with Gasteiger partial charge in [0.15, 0.2) is 5.75 Å². The van der Waals surface area contributed by atoms with Gasteiger partial charge >= 0.3 is 10.1 Å². The van der Waals surface area contributed by atoms with E-state index >= 15 is 0 Å². The Labute approximate surface area is 224 Å². The molecule has 0 atom stereocenters. The van der Waals surface area contributed by atoms with Crippen molar-refractivity contribution in [2.75, 3.05) is 7.11 Å². The molecule has 1 fully saturated rings. The van der Waals surface area contributed by atoms with Gasteiger partial charge in [0.05, 0.1) is 28.0 Å². The first kappa shape index (κ1) is 26.4. The average Bonchev–Trinajstić information content (AvgIpc) is 3.13. The lowest BCUT2D eigenvalue weighted by molar-refractivity contribution is -0.385. The molecule has 0 bridgehead atoms. The third-order valence-electron chi connectivity index (χ3n) is 5.19. The van der Waals surface area contributed by atoms with Crippen LogP contribution >= 0.6 is 27.7 Å². The summed E-state index contributed by atoms with van der Waals surface area (Å²) in [5, 5.41) is 10.7. The van der Waals surface area contributed by atoms with Crippen LogP contribution in [0.2, 0.25) is 0 Å².